The highest BCUT2D eigenvalue weighted by Crippen LogP contribution is 2.37. The molecule has 0 saturated carbocycles. The molecule has 1 amide bonds. The molecule has 8 heteroatoms. The standard InChI is InChI=1S/C21H20N4OS3/c1-12-13(2)29-20-18(12)19(22-14(3)23-20)27-10-16-11-28-21(24-16)25(15(4)26)17-8-6-5-7-9-17/h5-9,11H,10H2,1-4H3. The number of carbonyl (C=O) groups is 1. The highest BCUT2D eigenvalue weighted by Gasteiger charge is 2.19. The van der Waals surface area contributed by atoms with Crippen molar-refractivity contribution in [2.45, 2.75) is 38.5 Å². The van der Waals surface area contributed by atoms with Crippen LogP contribution in [0, 0.1) is 20.8 Å². The summed E-state index contributed by atoms with van der Waals surface area (Å²) in [7, 11) is 0. The number of hydrogen-bond donors (Lipinski definition) is 0. The predicted molar refractivity (Wildman–Crippen MR) is 123 cm³/mol. The number of thiazole rings is 1. The van der Waals surface area contributed by atoms with Crippen molar-refractivity contribution in [3.05, 3.63) is 57.7 Å². The summed E-state index contributed by atoms with van der Waals surface area (Å²) >= 11 is 4.87. The zero-order chi connectivity index (χ0) is 20.5. The number of aromatic nitrogens is 3. The van der Waals surface area contributed by atoms with E-state index in [4.69, 9.17) is 4.98 Å². The quantitative estimate of drug-likeness (QED) is 0.279. The van der Waals surface area contributed by atoms with Crippen LogP contribution in [0.1, 0.15) is 28.9 Å². The number of carbonyl (C=O) groups excluding carboxylic acids is 1. The molecule has 4 rings (SSSR count). The van der Waals surface area contributed by atoms with E-state index in [1.165, 1.54) is 21.8 Å². The van der Waals surface area contributed by atoms with Gasteiger partial charge in [0, 0.05) is 28.3 Å². The molecule has 0 aliphatic carbocycles. The van der Waals surface area contributed by atoms with Crippen LogP contribution < -0.4 is 4.90 Å². The first kappa shape index (κ1) is 20.0. The molecule has 148 valence electrons. The van der Waals surface area contributed by atoms with Crippen molar-refractivity contribution in [1.29, 1.82) is 0 Å². The van der Waals surface area contributed by atoms with Gasteiger partial charge in [-0.05, 0) is 38.5 Å². The number of nitrogens with zero attached hydrogens (tertiary/aromatic N) is 4. The van der Waals surface area contributed by atoms with E-state index in [0.717, 1.165) is 32.4 Å². The molecule has 0 aliphatic rings. The second kappa shape index (κ2) is 8.22. The highest BCUT2D eigenvalue weighted by molar-refractivity contribution is 7.98. The summed E-state index contributed by atoms with van der Waals surface area (Å²) in [6.07, 6.45) is 0. The van der Waals surface area contributed by atoms with Crippen molar-refractivity contribution in [3.63, 3.8) is 0 Å². The van der Waals surface area contributed by atoms with Gasteiger partial charge >= 0.3 is 0 Å². The van der Waals surface area contributed by atoms with E-state index >= 15 is 0 Å². The zero-order valence-corrected chi connectivity index (χ0v) is 19.0. The van der Waals surface area contributed by atoms with E-state index < -0.39 is 0 Å². The van der Waals surface area contributed by atoms with Crippen LogP contribution in [0.25, 0.3) is 10.2 Å². The lowest BCUT2D eigenvalue weighted by Crippen LogP contribution is -2.22. The van der Waals surface area contributed by atoms with E-state index in [-0.39, 0.29) is 5.91 Å². The molecule has 0 radical (unpaired) electrons. The Bertz CT molecular complexity index is 1180. The fraction of sp³-hybridized carbons (Fsp3) is 0.238. The van der Waals surface area contributed by atoms with E-state index in [9.17, 15) is 4.79 Å². The largest absolute Gasteiger partial charge is 0.274 e. The third kappa shape index (κ3) is 4.05. The molecule has 0 aliphatic heterocycles. The van der Waals surface area contributed by atoms with Gasteiger partial charge in [0.05, 0.1) is 11.4 Å². The Balaban J connectivity index is 1.59. The minimum atomic E-state index is -0.0535. The average molecular weight is 441 g/mol. The van der Waals surface area contributed by atoms with E-state index in [1.54, 1.807) is 34.9 Å². The zero-order valence-electron chi connectivity index (χ0n) is 16.6. The first-order valence-electron chi connectivity index (χ1n) is 9.11. The number of thiophene rings is 1. The normalized spacial score (nSPS) is 11.2. The molecule has 0 spiro atoms. The number of hydrogen-bond acceptors (Lipinski definition) is 7. The lowest BCUT2D eigenvalue weighted by atomic mass is 10.2. The van der Waals surface area contributed by atoms with E-state index in [0.29, 0.717) is 10.9 Å². The van der Waals surface area contributed by atoms with Gasteiger partial charge in [0.15, 0.2) is 5.13 Å². The predicted octanol–water partition coefficient (Wildman–Crippen LogP) is 6.05. The Hall–Kier alpha value is -2.29. The van der Waals surface area contributed by atoms with Crippen LogP contribution in [0.4, 0.5) is 10.8 Å². The number of fused-ring (bicyclic) bond motifs is 1. The van der Waals surface area contributed by atoms with Gasteiger partial charge in [-0.2, -0.15) is 0 Å². The third-order valence-electron chi connectivity index (χ3n) is 4.52. The van der Waals surface area contributed by atoms with Crippen molar-refractivity contribution >= 4 is 61.4 Å². The fourth-order valence-corrected chi connectivity index (χ4v) is 6.19. The molecule has 29 heavy (non-hydrogen) atoms. The molecule has 3 heterocycles. The van der Waals surface area contributed by atoms with Gasteiger partial charge in [-0.25, -0.2) is 15.0 Å². The average Bonchev–Trinajstić information content (AvgIpc) is 3.25. The number of amides is 1. The maximum atomic E-state index is 12.2. The van der Waals surface area contributed by atoms with Gasteiger partial charge < -0.3 is 0 Å². The van der Waals surface area contributed by atoms with Crippen LogP contribution in [0.5, 0.6) is 0 Å². The molecule has 0 atom stereocenters. The number of rotatable bonds is 5. The SMILES string of the molecule is CC(=O)N(c1ccccc1)c1nc(CSc2nc(C)nc3sc(C)c(C)c23)cs1. The van der Waals surface area contributed by atoms with Crippen LogP contribution in [-0.4, -0.2) is 20.9 Å². The van der Waals surface area contributed by atoms with Gasteiger partial charge in [0.1, 0.15) is 15.7 Å². The molecule has 0 unspecified atom stereocenters. The molecule has 0 N–H and O–H groups in total. The molecular weight excluding hydrogens is 420 g/mol. The Morgan fingerprint density at radius 1 is 1.10 bits per heavy atom. The number of benzene rings is 1. The maximum Gasteiger partial charge on any atom is 0.230 e. The third-order valence-corrected chi connectivity index (χ3v) is 7.51. The second-order valence-electron chi connectivity index (χ2n) is 6.64. The van der Waals surface area contributed by atoms with Gasteiger partial charge in [-0.15, -0.1) is 22.7 Å². The van der Waals surface area contributed by atoms with Crippen molar-refractivity contribution in [2.24, 2.45) is 0 Å². The smallest absolute Gasteiger partial charge is 0.230 e. The molecule has 4 aromatic rings. The lowest BCUT2D eigenvalue weighted by molar-refractivity contribution is -0.115. The minimum absolute atomic E-state index is 0.0535. The Morgan fingerprint density at radius 2 is 1.86 bits per heavy atom. The molecule has 0 fully saturated rings. The van der Waals surface area contributed by atoms with Gasteiger partial charge in [0.2, 0.25) is 5.91 Å². The summed E-state index contributed by atoms with van der Waals surface area (Å²) in [6, 6.07) is 9.61. The van der Waals surface area contributed by atoms with Crippen LogP contribution >= 0.6 is 34.4 Å². The second-order valence-corrected chi connectivity index (χ2v) is 9.64. The molecule has 0 saturated heterocycles. The summed E-state index contributed by atoms with van der Waals surface area (Å²) in [5.41, 5.74) is 3.01. The van der Waals surface area contributed by atoms with Crippen LogP contribution in [-0.2, 0) is 10.5 Å². The first-order chi connectivity index (χ1) is 13.9. The maximum absolute atomic E-state index is 12.2. The van der Waals surface area contributed by atoms with Gasteiger partial charge in [0.25, 0.3) is 0 Å². The van der Waals surface area contributed by atoms with Crippen LogP contribution in [0.3, 0.4) is 0 Å². The number of para-hydroxylation sites is 1. The van der Waals surface area contributed by atoms with Crippen molar-refractivity contribution in [1.82, 2.24) is 15.0 Å². The summed E-state index contributed by atoms with van der Waals surface area (Å²) < 4.78 is 0. The van der Waals surface area contributed by atoms with Crippen LogP contribution in [0.15, 0.2) is 40.7 Å². The van der Waals surface area contributed by atoms with Crippen molar-refractivity contribution in [3.8, 4) is 0 Å². The molecule has 3 aromatic heterocycles. The number of thioether (sulfide) groups is 1. The van der Waals surface area contributed by atoms with Gasteiger partial charge in [-0.3, -0.25) is 9.69 Å². The van der Waals surface area contributed by atoms with Crippen LogP contribution in [0.2, 0.25) is 0 Å². The summed E-state index contributed by atoms with van der Waals surface area (Å²) in [5, 5.41) is 4.84. The first-order valence-corrected chi connectivity index (χ1v) is 11.8. The van der Waals surface area contributed by atoms with Crippen molar-refractivity contribution < 1.29 is 4.79 Å². The fourth-order valence-electron chi connectivity index (χ4n) is 3.03. The highest BCUT2D eigenvalue weighted by atomic mass is 32.2. The minimum Gasteiger partial charge on any atom is -0.274 e. The Morgan fingerprint density at radius 3 is 2.59 bits per heavy atom. The molecular formula is C21H20N4OS3. The van der Waals surface area contributed by atoms with Crippen molar-refractivity contribution in [2.75, 3.05) is 4.90 Å². The lowest BCUT2D eigenvalue weighted by Gasteiger charge is -2.17. The van der Waals surface area contributed by atoms with Gasteiger partial charge in [-0.1, -0.05) is 30.0 Å². The topological polar surface area (TPSA) is 59.0 Å². The molecule has 1 aromatic carbocycles. The summed E-state index contributed by atoms with van der Waals surface area (Å²) in [6.45, 7) is 7.74. The number of anilines is 2. The monoisotopic (exact) mass is 440 g/mol. The number of aryl methyl sites for hydroxylation is 3. The summed E-state index contributed by atoms with van der Waals surface area (Å²) in [5.74, 6) is 1.42. The molecule has 5 nitrogen and oxygen atoms in total. The van der Waals surface area contributed by atoms with E-state index in [2.05, 4.69) is 23.8 Å². The summed E-state index contributed by atoms with van der Waals surface area (Å²) in [4.78, 5) is 30.2. The Labute approximate surface area is 181 Å². The molecule has 0 bridgehead atoms. The Kier molecular flexibility index (Phi) is 5.67. The van der Waals surface area contributed by atoms with E-state index in [1.807, 2.05) is 42.6 Å².